The molecule has 0 aromatic heterocycles. The van der Waals surface area contributed by atoms with Crippen LogP contribution in [-0.4, -0.2) is 44.1 Å². The second-order valence-electron chi connectivity index (χ2n) is 6.81. The second-order valence-corrected chi connectivity index (χ2v) is 9.09. The summed E-state index contributed by atoms with van der Waals surface area (Å²) in [6, 6.07) is 6.46. The van der Waals surface area contributed by atoms with Gasteiger partial charge < -0.3 is 9.64 Å². The lowest BCUT2D eigenvalue weighted by atomic mass is 10.2. The van der Waals surface area contributed by atoms with E-state index in [1.54, 1.807) is 39.0 Å². The molecule has 0 radical (unpaired) electrons. The van der Waals surface area contributed by atoms with Gasteiger partial charge in [-0.1, -0.05) is 28.1 Å². The summed E-state index contributed by atoms with van der Waals surface area (Å²) in [5, 5.41) is 0.589. The largest absolute Gasteiger partial charge is 0.444 e. The van der Waals surface area contributed by atoms with Gasteiger partial charge in [-0.3, -0.25) is 0 Å². The normalized spacial score (nSPS) is 18.7. The average Bonchev–Trinajstić information content (AvgIpc) is 2.93. The maximum absolute atomic E-state index is 12.5. The lowest BCUT2D eigenvalue weighted by Crippen LogP contribution is -2.40. The van der Waals surface area contributed by atoms with Crippen LogP contribution in [0.15, 0.2) is 29.2 Å². The van der Waals surface area contributed by atoms with Crippen molar-refractivity contribution in [2.45, 2.75) is 49.1 Å². The number of carbonyl (C=O) groups is 1. The molecule has 1 saturated heterocycles. The van der Waals surface area contributed by atoms with Gasteiger partial charge in [0, 0.05) is 24.5 Å². The van der Waals surface area contributed by atoms with E-state index >= 15 is 0 Å². The van der Waals surface area contributed by atoms with Crippen molar-refractivity contribution in [3.8, 4) is 0 Å². The summed E-state index contributed by atoms with van der Waals surface area (Å²) in [5.41, 5.74) is 0.324. The molecule has 2 rings (SSSR count). The van der Waals surface area contributed by atoms with Crippen molar-refractivity contribution < 1.29 is 17.9 Å². The molecule has 1 aromatic rings. The molecule has 8 heteroatoms. The van der Waals surface area contributed by atoms with E-state index in [-0.39, 0.29) is 10.9 Å². The standard InChI is InChI=1S/C16H23BrN2O4S/c1-16(2,3)23-15(20)19-8-7-13(11-19)18-24(21,22)14-6-4-5-12(9-14)10-17/h4-6,9,13,18H,7-8,10-11H2,1-3H3/t13-/m0/s1. The third-order valence-electron chi connectivity index (χ3n) is 3.52. The zero-order chi connectivity index (χ0) is 18.0. The van der Waals surface area contributed by atoms with Crippen LogP contribution in [0.25, 0.3) is 0 Å². The van der Waals surface area contributed by atoms with Crippen LogP contribution >= 0.6 is 15.9 Å². The van der Waals surface area contributed by atoms with Gasteiger partial charge in [0.25, 0.3) is 0 Å². The van der Waals surface area contributed by atoms with Gasteiger partial charge in [0.15, 0.2) is 0 Å². The van der Waals surface area contributed by atoms with E-state index in [2.05, 4.69) is 20.7 Å². The highest BCUT2D eigenvalue weighted by Gasteiger charge is 2.32. The van der Waals surface area contributed by atoms with E-state index in [9.17, 15) is 13.2 Å². The number of nitrogens with one attached hydrogen (secondary N) is 1. The van der Waals surface area contributed by atoms with E-state index in [4.69, 9.17) is 4.74 Å². The Hall–Kier alpha value is -1.12. The molecule has 1 fully saturated rings. The molecule has 1 N–H and O–H groups in total. The van der Waals surface area contributed by atoms with Crippen LogP contribution in [0.4, 0.5) is 4.79 Å². The summed E-state index contributed by atoms with van der Waals surface area (Å²) in [6.07, 6.45) is 0.154. The molecule has 24 heavy (non-hydrogen) atoms. The summed E-state index contributed by atoms with van der Waals surface area (Å²) in [4.78, 5) is 13.8. The van der Waals surface area contributed by atoms with Gasteiger partial charge in [0.2, 0.25) is 10.0 Å². The van der Waals surface area contributed by atoms with Crippen molar-refractivity contribution >= 4 is 32.0 Å². The minimum atomic E-state index is -3.61. The topological polar surface area (TPSA) is 75.7 Å². The fourth-order valence-electron chi connectivity index (χ4n) is 2.43. The van der Waals surface area contributed by atoms with Crippen molar-refractivity contribution in [2.24, 2.45) is 0 Å². The van der Waals surface area contributed by atoms with Crippen LogP contribution in [0.1, 0.15) is 32.8 Å². The molecule has 0 unspecified atom stereocenters. The first-order valence-electron chi connectivity index (χ1n) is 7.76. The van der Waals surface area contributed by atoms with Gasteiger partial charge in [-0.15, -0.1) is 0 Å². The first-order chi connectivity index (χ1) is 11.1. The minimum Gasteiger partial charge on any atom is -0.444 e. The smallest absolute Gasteiger partial charge is 0.410 e. The first kappa shape index (κ1) is 19.2. The SMILES string of the molecule is CC(C)(C)OC(=O)N1CC[C@H](NS(=O)(=O)c2cccc(CBr)c2)C1. The summed E-state index contributed by atoms with van der Waals surface area (Å²) < 4.78 is 33.0. The van der Waals surface area contributed by atoms with Crippen LogP contribution in [0.2, 0.25) is 0 Å². The molecule has 1 aliphatic rings. The Kier molecular flexibility index (Phi) is 5.93. The molecular weight excluding hydrogens is 396 g/mol. The Bertz CT molecular complexity index is 700. The maximum atomic E-state index is 12.5. The monoisotopic (exact) mass is 418 g/mol. The number of ether oxygens (including phenoxy) is 1. The van der Waals surface area contributed by atoms with Gasteiger partial charge in [-0.05, 0) is 44.9 Å². The van der Waals surface area contributed by atoms with Crippen LogP contribution in [0, 0.1) is 0 Å². The predicted octanol–water partition coefficient (Wildman–Crippen LogP) is 2.87. The number of nitrogens with zero attached hydrogens (tertiary/aromatic N) is 1. The molecule has 1 heterocycles. The predicted molar refractivity (Wildman–Crippen MR) is 95.6 cm³/mol. The molecule has 0 bridgehead atoms. The van der Waals surface area contributed by atoms with Crippen molar-refractivity contribution in [3.63, 3.8) is 0 Å². The number of benzene rings is 1. The Morgan fingerprint density at radius 2 is 2.12 bits per heavy atom. The van der Waals surface area contributed by atoms with E-state index in [0.29, 0.717) is 24.8 Å². The molecule has 6 nitrogen and oxygen atoms in total. The Labute approximate surface area is 151 Å². The van der Waals surface area contributed by atoms with Gasteiger partial charge >= 0.3 is 6.09 Å². The zero-order valence-electron chi connectivity index (χ0n) is 14.1. The zero-order valence-corrected chi connectivity index (χ0v) is 16.5. The highest BCUT2D eigenvalue weighted by atomic mass is 79.9. The number of hydrogen-bond donors (Lipinski definition) is 1. The molecule has 0 saturated carbocycles. The summed E-state index contributed by atoms with van der Waals surface area (Å²) in [7, 11) is -3.61. The van der Waals surface area contributed by atoms with Crippen molar-refractivity contribution in [1.29, 1.82) is 0 Å². The van der Waals surface area contributed by atoms with Crippen LogP contribution in [-0.2, 0) is 20.1 Å². The van der Waals surface area contributed by atoms with E-state index in [1.807, 2.05) is 6.07 Å². The van der Waals surface area contributed by atoms with Crippen molar-refractivity contribution in [2.75, 3.05) is 13.1 Å². The van der Waals surface area contributed by atoms with Gasteiger partial charge in [-0.2, -0.15) is 0 Å². The molecule has 134 valence electrons. The van der Waals surface area contributed by atoms with E-state index in [0.717, 1.165) is 5.56 Å². The lowest BCUT2D eigenvalue weighted by molar-refractivity contribution is 0.0292. The van der Waals surface area contributed by atoms with Crippen molar-refractivity contribution in [3.05, 3.63) is 29.8 Å². The molecule has 1 atom stereocenters. The molecule has 0 aliphatic carbocycles. The number of halogens is 1. The number of hydrogen-bond acceptors (Lipinski definition) is 4. The first-order valence-corrected chi connectivity index (χ1v) is 10.4. The van der Waals surface area contributed by atoms with Gasteiger partial charge in [0.05, 0.1) is 4.90 Å². The molecule has 1 amide bonds. The number of amides is 1. The quantitative estimate of drug-likeness (QED) is 0.762. The molecule has 1 aliphatic heterocycles. The highest BCUT2D eigenvalue weighted by Crippen LogP contribution is 2.18. The number of rotatable bonds is 4. The van der Waals surface area contributed by atoms with E-state index in [1.165, 1.54) is 4.90 Å². The minimum absolute atomic E-state index is 0.232. The maximum Gasteiger partial charge on any atom is 0.410 e. The van der Waals surface area contributed by atoms with Crippen LogP contribution in [0.3, 0.4) is 0 Å². The van der Waals surface area contributed by atoms with E-state index < -0.39 is 21.7 Å². The second kappa shape index (κ2) is 7.41. The Balaban J connectivity index is 2.00. The Morgan fingerprint density at radius 3 is 2.75 bits per heavy atom. The highest BCUT2D eigenvalue weighted by molar-refractivity contribution is 9.08. The Morgan fingerprint density at radius 1 is 1.42 bits per heavy atom. The van der Waals surface area contributed by atoms with Crippen LogP contribution < -0.4 is 4.72 Å². The molecular formula is C16H23BrN2O4S. The summed E-state index contributed by atoms with van der Waals surface area (Å²) in [5.74, 6) is 0. The fourth-order valence-corrected chi connectivity index (χ4v) is 4.11. The lowest BCUT2D eigenvalue weighted by Gasteiger charge is -2.24. The fraction of sp³-hybridized carbons (Fsp3) is 0.562. The number of likely N-dealkylation sites (tertiary alicyclic amines) is 1. The summed E-state index contributed by atoms with van der Waals surface area (Å²) in [6.45, 7) is 6.20. The number of sulfonamides is 1. The van der Waals surface area contributed by atoms with Crippen molar-refractivity contribution in [1.82, 2.24) is 9.62 Å². The average molecular weight is 419 g/mol. The third kappa shape index (κ3) is 5.19. The van der Waals surface area contributed by atoms with Gasteiger partial charge in [-0.25, -0.2) is 17.9 Å². The molecule has 1 aromatic carbocycles. The third-order valence-corrected chi connectivity index (χ3v) is 5.69. The van der Waals surface area contributed by atoms with Gasteiger partial charge in [0.1, 0.15) is 5.60 Å². The number of carbonyl (C=O) groups excluding carboxylic acids is 1. The molecule has 0 spiro atoms. The number of alkyl halides is 1. The van der Waals surface area contributed by atoms with Crippen LogP contribution in [0.5, 0.6) is 0 Å². The summed E-state index contributed by atoms with van der Waals surface area (Å²) >= 11 is 3.32.